The van der Waals surface area contributed by atoms with E-state index in [0.29, 0.717) is 5.56 Å². The van der Waals surface area contributed by atoms with Crippen LogP contribution in [0.25, 0.3) is 11.4 Å². The SMILES string of the molecule is CC(O)C(C(=O)O)n1nnnc1-c1cccnc1. The van der Waals surface area contributed by atoms with Gasteiger partial charge in [-0.25, -0.2) is 9.48 Å². The topological polar surface area (TPSA) is 114 Å². The summed E-state index contributed by atoms with van der Waals surface area (Å²) in [5, 5.41) is 29.4. The van der Waals surface area contributed by atoms with Gasteiger partial charge in [0.2, 0.25) is 0 Å². The first-order valence-corrected chi connectivity index (χ1v) is 5.20. The molecule has 0 aromatic carbocycles. The van der Waals surface area contributed by atoms with Crippen molar-refractivity contribution in [3.05, 3.63) is 24.5 Å². The summed E-state index contributed by atoms with van der Waals surface area (Å²) in [5.41, 5.74) is 0.578. The molecule has 2 rings (SSSR count). The highest BCUT2D eigenvalue weighted by atomic mass is 16.4. The quantitative estimate of drug-likeness (QED) is 0.767. The van der Waals surface area contributed by atoms with Gasteiger partial charge in [-0.15, -0.1) is 5.10 Å². The Kier molecular flexibility index (Phi) is 3.28. The van der Waals surface area contributed by atoms with Gasteiger partial charge in [0.25, 0.3) is 0 Å². The molecule has 2 aromatic rings. The van der Waals surface area contributed by atoms with Gasteiger partial charge in [0.05, 0.1) is 6.10 Å². The molecule has 0 fully saturated rings. The number of rotatable bonds is 4. The second-order valence-corrected chi connectivity index (χ2v) is 3.71. The van der Waals surface area contributed by atoms with Gasteiger partial charge in [0.15, 0.2) is 11.9 Å². The maximum atomic E-state index is 11.1. The summed E-state index contributed by atoms with van der Waals surface area (Å²) in [6, 6.07) is 2.15. The average molecular weight is 249 g/mol. The summed E-state index contributed by atoms with van der Waals surface area (Å²) in [6.07, 6.45) is 1.98. The Bertz CT molecular complexity index is 539. The second kappa shape index (κ2) is 4.88. The molecule has 0 saturated heterocycles. The highest BCUT2D eigenvalue weighted by Crippen LogP contribution is 2.20. The third kappa shape index (κ3) is 2.18. The minimum atomic E-state index is -1.24. The van der Waals surface area contributed by atoms with E-state index in [-0.39, 0.29) is 5.82 Å². The minimum absolute atomic E-state index is 0.247. The third-order valence-electron chi connectivity index (χ3n) is 2.39. The monoisotopic (exact) mass is 249 g/mol. The predicted molar refractivity (Wildman–Crippen MR) is 59.4 cm³/mol. The molecule has 2 aromatic heterocycles. The predicted octanol–water partition coefficient (Wildman–Crippen LogP) is -0.258. The Morgan fingerprint density at radius 1 is 1.50 bits per heavy atom. The molecule has 0 aliphatic carbocycles. The minimum Gasteiger partial charge on any atom is -0.480 e. The number of aromatic nitrogens is 5. The summed E-state index contributed by atoms with van der Waals surface area (Å²) < 4.78 is 1.07. The fourth-order valence-corrected chi connectivity index (χ4v) is 1.58. The molecule has 2 N–H and O–H groups in total. The van der Waals surface area contributed by atoms with Crippen molar-refractivity contribution in [1.82, 2.24) is 25.2 Å². The van der Waals surface area contributed by atoms with Crippen LogP contribution in [0.4, 0.5) is 0 Å². The van der Waals surface area contributed by atoms with Crippen LogP contribution in [0.2, 0.25) is 0 Å². The Labute approximate surface area is 102 Å². The number of pyridine rings is 1. The fraction of sp³-hybridized carbons (Fsp3) is 0.300. The van der Waals surface area contributed by atoms with E-state index in [4.69, 9.17) is 5.11 Å². The van der Waals surface area contributed by atoms with E-state index < -0.39 is 18.1 Å². The standard InChI is InChI=1S/C10H11N5O3/c1-6(16)8(10(17)18)15-9(12-13-14-15)7-3-2-4-11-5-7/h2-6,8,16H,1H3,(H,17,18). The van der Waals surface area contributed by atoms with E-state index in [2.05, 4.69) is 20.5 Å². The molecule has 0 radical (unpaired) electrons. The van der Waals surface area contributed by atoms with E-state index >= 15 is 0 Å². The van der Waals surface area contributed by atoms with Gasteiger partial charge < -0.3 is 10.2 Å². The van der Waals surface area contributed by atoms with Gasteiger partial charge in [0.1, 0.15) is 0 Å². The van der Waals surface area contributed by atoms with E-state index in [1.165, 1.54) is 13.1 Å². The number of carbonyl (C=O) groups is 1. The van der Waals surface area contributed by atoms with Gasteiger partial charge in [0, 0.05) is 18.0 Å². The van der Waals surface area contributed by atoms with Crippen LogP contribution in [0.1, 0.15) is 13.0 Å². The van der Waals surface area contributed by atoms with Crippen LogP contribution >= 0.6 is 0 Å². The lowest BCUT2D eigenvalue weighted by atomic mass is 10.1. The van der Waals surface area contributed by atoms with Gasteiger partial charge in [-0.3, -0.25) is 4.98 Å². The highest BCUT2D eigenvalue weighted by Gasteiger charge is 2.29. The molecule has 2 unspecified atom stereocenters. The van der Waals surface area contributed by atoms with Crippen LogP contribution in [0.5, 0.6) is 0 Å². The number of hydrogen-bond acceptors (Lipinski definition) is 6. The number of carboxylic acids is 1. The highest BCUT2D eigenvalue weighted by molar-refractivity contribution is 5.73. The molecule has 2 heterocycles. The zero-order valence-corrected chi connectivity index (χ0v) is 9.50. The Hall–Kier alpha value is -2.35. The summed E-state index contributed by atoms with van der Waals surface area (Å²) in [5.74, 6) is -0.959. The van der Waals surface area contributed by atoms with E-state index in [0.717, 1.165) is 4.68 Å². The molecule has 0 bridgehead atoms. The largest absolute Gasteiger partial charge is 0.480 e. The van der Waals surface area contributed by atoms with E-state index in [1.54, 1.807) is 18.3 Å². The van der Waals surface area contributed by atoms with Crippen molar-refractivity contribution in [3.63, 3.8) is 0 Å². The van der Waals surface area contributed by atoms with Gasteiger partial charge in [-0.05, 0) is 29.5 Å². The fourth-order valence-electron chi connectivity index (χ4n) is 1.58. The number of carboxylic acid groups (broad SMARTS) is 1. The maximum Gasteiger partial charge on any atom is 0.331 e. The normalized spacial score (nSPS) is 14.1. The molecule has 0 amide bonds. The molecule has 2 atom stereocenters. The van der Waals surface area contributed by atoms with Crippen LogP contribution < -0.4 is 0 Å². The van der Waals surface area contributed by atoms with Crippen LogP contribution in [0.3, 0.4) is 0 Å². The van der Waals surface area contributed by atoms with Crippen LogP contribution in [0, 0.1) is 0 Å². The van der Waals surface area contributed by atoms with Crippen molar-refractivity contribution in [2.75, 3.05) is 0 Å². The molecule has 18 heavy (non-hydrogen) atoms. The summed E-state index contributed by atoms with van der Waals surface area (Å²) in [4.78, 5) is 15.0. The molecule has 8 heteroatoms. The lowest BCUT2D eigenvalue weighted by molar-refractivity contribution is -0.144. The average Bonchev–Trinajstić information content (AvgIpc) is 2.78. The number of nitrogens with zero attached hydrogens (tertiary/aromatic N) is 5. The van der Waals surface area contributed by atoms with Gasteiger partial charge in [-0.2, -0.15) is 0 Å². The number of tetrazole rings is 1. The molecule has 0 aliphatic heterocycles. The van der Waals surface area contributed by atoms with Crippen molar-refractivity contribution in [2.45, 2.75) is 19.1 Å². The third-order valence-corrected chi connectivity index (χ3v) is 2.39. The molecule has 0 spiro atoms. The van der Waals surface area contributed by atoms with E-state index in [1.807, 2.05) is 0 Å². The van der Waals surface area contributed by atoms with Gasteiger partial charge in [-0.1, -0.05) is 0 Å². The first kappa shape index (κ1) is 12.1. The zero-order valence-electron chi connectivity index (χ0n) is 9.50. The van der Waals surface area contributed by atoms with Crippen molar-refractivity contribution >= 4 is 5.97 Å². The Morgan fingerprint density at radius 3 is 2.83 bits per heavy atom. The molecule has 94 valence electrons. The molecule has 0 saturated carbocycles. The van der Waals surface area contributed by atoms with Crippen molar-refractivity contribution < 1.29 is 15.0 Å². The first-order chi connectivity index (χ1) is 8.61. The zero-order chi connectivity index (χ0) is 13.1. The van der Waals surface area contributed by atoms with Crippen LogP contribution in [-0.4, -0.2) is 47.5 Å². The van der Waals surface area contributed by atoms with Crippen LogP contribution in [0.15, 0.2) is 24.5 Å². The maximum absolute atomic E-state index is 11.1. The van der Waals surface area contributed by atoms with Gasteiger partial charge >= 0.3 is 5.97 Å². The lowest BCUT2D eigenvalue weighted by Gasteiger charge is -2.16. The van der Waals surface area contributed by atoms with Crippen molar-refractivity contribution in [2.24, 2.45) is 0 Å². The summed E-state index contributed by atoms with van der Waals surface area (Å²) >= 11 is 0. The number of aliphatic hydroxyl groups excluding tert-OH is 1. The number of aliphatic carboxylic acids is 1. The molecular formula is C10H11N5O3. The van der Waals surface area contributed by atoms with E-state index in [9.17, 15) is 9.90 Å². The molecule has 0 aliphatic rings. The summed E-state index contributed by atoms with van der Waals surface area (Å²) in [6.45, 7) is 1.37. The molecular weight excluding hydrogens is 238 g/mol. The second-order valence-electron chi connectivity index (χ2n) is 3.71. The number of aliphatic hydroxyl groups is 1. The molecule has 8 nitrogen and oxygen atoms in total. The number of hydrogen-bond donors (Lipinski definition) is 2. The van der Waals surface area contributed by atoms with Crippen LogP contribution in [-0.2, 0) is 4.79 Å². The Morgan fingerprint density at radius 2 is 2.28 bits per heavy atom. The lowest BCUT2D eigenvalue weighted by Crippen LogP contribution is -2.30. The van der Waals surface area contributed by atoms with Crippen molar-refractivity contribution in [3.8, 4) is 11.4 Å². The summed E-state index contributed by atoms with van der Waals surface area (Å²) in [7, 11) is 0. The first-order valence-electron chi connectivity index (χ1n) is 5.20. The smallest absolute Gasteiger partial charge is 0.331 e. The Balaban J connectivity index is 2.47. The van der Waals surface area contributed by atoms with Crippen molar-refractivity contribution in [1.29, 1.82) is 0 Å².